The van der Waals surface area contributed by atoms with Crippen LogP contribution >= 0.6 is 0 Å². The summed E-state index contributed by atoms with van der Waals surface area (Å²) in [6.07, 6.45) is 4.67. The van der Waals surface area contributed by atoms with Crippen LogP contribution in [-0.2, 0) is 21.7 Å². The molecule has 4 aliphatic rings. The average Bonchev–Trinajstić information content (AvgIpc) is 3.66. The first-order valence-corrected chi connectivity index (χ1v) is 23.3. The SMILES string of the molecule is Cc1ccccc1N1c2cc(-c3ccccc3)cc3c2B(c2cc4c(cc2N3c2ccc3c(c2)C(C)(C)CCC3(C)C)C(C)(C)CCC4(C)C)c2c1ccc1c2oc2ccccc21. The van der Waals surface area contributed by atoms with Crippen molar-refractivity contribution in [3.8, 4) is 11.1 Å². The lowest BCUT2D eigenvalue weighted by molar-refractivity contribution is 0.332. The van der Waals surface area contributed by atoms with Gasteiger partial charge < -0.3 is 14.2 Å². The molecule has 0 bridgehead atoms. The Kier molecular flexibility index (Phi) is 8.00. The molecule has 63 heavy (non-hydrogen) atoms. The number of rotatable bonds is 3. The summed E-state index contributed by atoms with van der Waals surface area (Å²) < 4.78 is 7.15. The van der Waals surface area contributed by atoms with E-state index in [0.717, 1.165) is 29.4 Å². The number of hydrogen-bond acceptors (Lipinski definition) is 3. The van der Waals surface area contributed by atoms with E-state index in [1.165, 1.54) is 108 Å². The molecule has 3 heterocycles. The van der Waals surface area contributed by atoms with Crippen LogP contribution in [-0.4, -0.2) is 6.71 Å². The van der Waals surface area contributed by atoms with Crippen molar-refractivity contribution in [1.82, 2.24) is 0 Å². The fourth-order valence-corrected chi connectivity index (χ4v) is 12.2. The lowest BCUT2D eigenvalue weighted by Crippen LogP contribution is -2.62. The Bertz CT molecular complexity index is 3220. The molecule has 4 heteroatoms. The summed E-state index contributed by atoms with van der Waals surface area (Å²) >= 11 is 0. The van der Waals surface area contributed by atoms with Gasteiger partial charge in [0.15, 0.2) is 0 Å². The Hall–Kier alpha value is -6.00. The van der Waals surface area contributed by atoms with Crippen molar-refractivity contribution < 1.29 is 4.42 Å². The molecule has 0 amide bonds. The lowest BCUT2D eigenvalue weighted by atomic mass is 9.32. The molecule has 2 aliphatic heterocycles. The minimum atomic E-state index is -0.0789. The average molecular weight is 821 g/mol. The van der Waals surface area contributed by atoms with Gasteiger partial charge in [-0.3, -0.25) is 0 Å². The maximum Gasteiger partial charge on any atom is 0.257 e. The number of fused-ring (bicyclic) bond motifs is 10. The highest BCUT2D eigenvalue weighted by atomic mass is 16.3. The predicted molar refractivity (Wildman–Crippen MR) is 268 cm³/mol. The van der Waals surface area contributed by atoms with Gasteiger partial charge in [0.1, 0.15) is 11.2 Å². The van der Waals surface area contributed by atoms with E-state index in [4.69, 9.17) is 4.42 Å². The molecule has 0 N–H and O–H groups in total. The van der Waals surface area contributed by atoms with Gasteiger partial charge in [-0.15, -0.1) is 0 Å². The van der Waals surface area contributed by atoms with Crippen LogP contribution in [0.3, 0.4) is 0 Å². The van der Waals surface area contributed by atoms with E-state index in [1.807, 2.05) is 0 Å². The van der Waals surface area contributed by atoms with Crippen molar-refractivity contribution in [1.29, 1.82) is 0 Å². The zero-order valence-electron chi connectivity index (χ0n) is 38.4. The van der Waals surface area contributed by atoms with Crippen LogP contribution in [0.1, 0.15) is 109 Å². The number of benzene rings is 7. The van der Waals surface area contributed by atoms with Crippen LogP contribution in [0.15, 0.2) is 138 Å². The third-order valence-corrected chi connectivity index (χ3v) is 16.1. The third kappa shape index (κ3) is 5.52. The summed E-state index contributed by atoms with van der Waals surface area (Å²) in [4.78, 5) is 5.24. The first-order valence-electron chi connectivity index (χ1n) is 23.3. The molecule has 0 spiro atoms. The van der Waals surface area contributed by atoms with Gasteiger partial charge >= 0.3 is 0 Å². The lowest BCUT2D eigenvalue weighted by Gasteiger charge is -2.48. The van der Waals surface area contributed by atoms with Gasteiger partial charge in [-0.1, -0.05) is 134 Å². The number of furan rings is 1. The van der Waals surface area contributed by atoms with E-state index in [1.54, 1.807) is 0 Å². The number of anilines is 6. The molecule has 1 aromatic heterocycles. The quantitative estimate of drug-likeness (QED) is 0.166. The van der Waals surface area contributed by atoms with Crippen molar-refractivity contribution in [2.24, 2.45) is 0 Å². The Morgan fingerprint density at radius 1 is 0.444 bits per heavy atom. The van der Waals surface area contributed by atoms with Crippen molar-refractivity contribution in [3.63, 3.8) is 0 Å². The van der Waals surface area contributed by atoms with Crippen molar-refractivity contribution >= 4 is 79.2 Å². The first kappa shape index (κ1) is 38.7. The molecule has 0 saturated carbocycles. The fourth-order valence-electron chi connectivity index (χ4n) is 12.2. The molecule has 0 radical (unpaired) electrons. The summed E-state index contributed by atoms with van der Waals surface area (Å²) in [5.74, 6) is 0. The molecule has 0 fully saturated rings. The maximum atomic E-state index is 7.15. The van der Waals surface area contributed by atoms with Gasteiger partial charge in [0, 0.05) is 44.9 Å². The van der Waals surface area contributed by atoms with E-state index in [0.29, 0.717) is 0 Å². The standard InChI is InChI=1S/C59H57BN2O/c1-36-17-13-15-21-47(36)62-48-26-24-41-40-20-14-16-22-52(40)63-55(41)54(48)60-46-34-44-45(59(8,9)30-29-58(44,6)7)35-49(46)61(39-23-25-42-43(33-39)57(4,5)28-27-56(42,2)3)50-31-38(32-51(62)53(50)60)37-18-11-10-12-19-37/h10-26,31-35H,27-30H2,1-9H3. The van der Waals surface area contributed by atoms with E-state index in [2.05, 4.69) is 206 Å². The van der Waals surface area contributed by atoms with Crippen molar-refractivity contribution in [2.45, 2.75) is 110 Å². The molecule has 0 unspecified atom stereocenters. The summed E-state index contributed by atoms with van der Waals surface area (Å²) in [7, 11) is 0. The van der Waals surface area contributed by atoms with Crippen LogP contribution in [0.2, 0.25) is 0 Å². The second kappa shape index (κ2) is 13.0. The molecule has 3 nitrogen and oxygen atoms in total. The van der Waals surface area contributed by atoms with Crippen LogP contribution in [0.4, 0.5) is 34.1 Å². The Morgan fingerprint density at radius 3 is 1.76 bits per heavy atom. The van der Waals surface area contributed by atoms with E-state index >= 15 is 0 Å². The minimum Gasteiger partial charge on any atom is -0.457 e. The van der Waals surface area contributed by atoms with E-state index in [-0.39, 0.29) is 28.4 Å². The van der Waals surface area contributed by atoms with Crippen LogP contribution in [0, 0.1) is 6.92 Å². The van der Waals surface area contributed by atoms with Crippen molar-refractivity contribution in [3.05, 3.63) is 161 Å². The van der Waals surface area contributed by atoms with Gasteiger partial charge in [-0.05, 0) is 164 Å². The molecule has 0 atom stereocenters. The van der Waals surface area contributed by atoms with Crippen molar-refractivity contribution in [2.75, 3.05) is 9.80 Å². The monoisotopic (exact) mass is 820 g/mol. The second-order valence-corrected chi connectivity index (χ2v) is 21.9. The summed E-state index contributed by atoms with van der Waals surface area (Å²) in [5.41, 5.74) is 23.0. The second-order valence-electron chi connectivity index (χ2n) is 21.9. The summed E-state index contributed by atoms with van der Waals surface area (Å²) in [6, 6.07) is 50.9. The summed E-state index contributed by atoms with van der Waals surface area (Å²) in [6.45, 7) is 21.8. The number of hydrogen-bond donors (Lipinski definition) is 0. The summed E-state index contributed by atoms with van der Waals surface area (Å²) in [5, 5.41) is 2.33. The third-order valence-electron chi connectivity index (χ3n) is 16.1. The molecule has 0 saturated heterocycles. The molecule has 312 valence electrons. The molecule has 2 aliphatic carbocycles. The molecular weight excluding hydrogens is 763 g/mol. The highest BCUT2D eigenvalue weighted by Gasteiger charge is 2.48. The Morgan fingerprint density at radius 2 is 1.05 bits per heavy atom. The predicted octanol–water partition coefficient (Wildman–Crippen LogP) is 14.3. The van der Waals surface area contributed by atoms with Gasteiger partial charge in [-0.2, -0.15) is 0 Å². The van der Waals surface area contributed by atoms with E-state index in [9.17, 15) is 0 Å². The van der Waals surface area contributed by atoms with Gasteiger partial charge in [0.25, 0.3) is 6.71 Å². The molecule has 8 aromatic rings. The molecule has 7 aromatic carbocycles. The number of nitrogens with zero attached hydrogens (tertiary/aromatic N) is 2. The van der Waals surface area contributed by atoms with Crippen LogP contribution < -0.4 is 26.2 Å². The Balaban J connectivity index is 1.27. The largest absolute Gasteiger partial charge is 0.457 e. The zero-order valence-corrected chi connectivity index (χ0v) is 38.4. The van der Waals surface area contributed by atoms with E-state index < -0.39 is 0 Å². The highest BCUT2D eigenvalue weighted by molar-refractivity contribution is 7.01. The molecule has 12 rings (SSSR count). The van der Waals surface area contributed by atoms with Gasteiger partial charge in [0.2, 0.25) is 0 Å². The normalized spacial score (nSPS) is 18.4. The van der Waals surface area contributed by atoms with Gasteiger partial charge in [-0.25, -0.2) is 0 Å². The highest BCUT2D eigenvalue weighted by Crippen LogP contribution is 2.53. The minimum absolute atomic E-state index is 0.0302. The Labute approximate surface area is 373 Å². The van der Waals surface area contributed by atoms with Crippen LogP contribution in [0.5, 0.6) is 0 Å². The van der Waals surface area contributed by atoms with Crippen LogP contribution in [0.25, 0.3) is 33.1 Å². The molecular formula is C59H57BN2O. The first-order chi connectivity index (χ1) is 30.1. The smallest absolute Gasteiger partial charge is 0.257 e. The van der Waals surface area contributed by atoms with Gasteiger partial charge in [0.05, 0.1) is 0 Å². The number of aryl methyl sites for hydroxylation is 1. The zero-order chi connectivity index (χ0) is 43.4. The maximum absolute atomic E-state index is 7.15. The fraction of sp³-hybridized carbons (Fsp3) is 0.288. The topological polar surface area (TPSA) is 19.6 Å². The number of para-hydroxylation sites is 2.